The first kappa shape index (κ1) is 11.7. The van der Waals surface area contributed by atoms with Gasteiger partial charge in [0.05, 0.1) is 11.8 Å². The van der Waals surface area contributed by atoms with Crippen LogP contribution in [0.1, 0.15) is 10.4 Å². The Labute approximate surface area is 99.2 Å². The van der Waals surface area contributed by atoms with E-state index < -0.39 is 15.9 Å². The molecule has 0 bridgehead atoms. The molecule has 1 aromatic carbocycles. The maximum Gasteiger partial charge on any atom is 0.251 e. The van der Waals surface area contributed by atoms with Gasteiger partial charge < -0.3 is 11.1 Å². The zero-order valence-electron chi connectivity index (χ0n) is 8.96. The summed E-state index contributed by atoms with van der Waals surface area (Å²) < 4.78 is 22.3. The van der Waals surface area contributed by atoms with Crippen molar-refractivity contribution < 1.29 is 13.2 Å². The van der Waals surface area contributed by atoms with Crippen LogP contribution in [0.2, 0.25) is 0 Å². The Balaban J connectivity index is 2.04. The predicted octanol–water partition coefficient (Wildman–Crippen LogP) is 0.309. The number of nitrogens with one attached hydrogen (secondary N) is 1. The lowest BCUT2D eigenvalue weighted by atomic mass is 10.2. The van der Waals surface area contributed by atoms with E-state index in [2.05, 4.69) is 5.32 Å². The number of sulfone groups is 1. The van der Waals surface area contributed by atoms with Crippen molar-refractivity contribution in [3.05, 3.63) is 41.3 Å². The van der Waals surface area contributed by atoms with Gasteiger partial charge in [0.25, 0.3) is 5.91 Å². The molecule has 1 aliphatic rings. The Hall–Kier alpha value is -1.82. The third-order valence-electron chi connectivity index (χ3n) is 2.42. The average molecular weight is 252 g/mol. The van der Waals surface area contributed by atoms with Crippen molar-refractivity contribution >= 4 is 21.4 Å². The molecule has 1 aliphatic heterocycles. The van der Waals surface area contributed by atoms with Gasteiger partial charge in [-0.15, -0.1) is 0 Å². The van der Waals surface area contributed by atoms with Crippen LogP contribution in [0.25, 0.3) is 0 Å². The summed E-state index contributed by atoms with van der Waals surface area (Å²) in [6.45, 7) is 0. The van der Waals surface area contributed by atoms with Gasteiger partial charge >= 0.3 is 0 Å². The number of amides is 1. The number of hydrogen-bond donors (Lipinski definition) is 2. The van der Waals surface area contributed by atoms with Crippen molar-refractivity contribution in [2.24, 2.45) is 0 Å². The van der Waals surface area contributed by atoms with E-state index in [1.54, 1.807) is 24.3 Å². The van der Waals surface area contributed by atoms with Gasteiger partial charge in [-0.2, -0.15) is 0 Å². The molecule has 1 heterocycles. The Morgan fingerprint density at radius 3 is 2.47 bits per heavy atom. The fraction of sp³-hybridized carbons (Fsp3) is 0.182. The minimum absolute atomic E-state index is 0.0757. The molecule has 90 valence electrons. The maximum absolute atomic E-state index is 11.7. The van der Waals surface area contributed by atoms with Crippen LogP contribution in [0.15, 0.2) is 35.7 Å². The molecule has 17 heavy (non-hydrogen) atoms. The van der Waals surface area contributed by atoms with Crippen LogP contribution >= 0.6 is 0 Å². The number of carbonyl (C=O) groups is 1. The first-order valence-electron chi connectivity index (χ1n) is 5.04. The van der Waals surface area contributed by atoms with Crippen molar-refractivity contribution in [3.63, 3.8) is 0 Å². The Morgan fingerprint density at radius 1 is 1.29 bits per heavy atom. The summed E-state index contributed by atoms with van der Waals surface area (Å²) in [6, 6.07) is 5.98. The zero-order chi connectivity index (χ0) is 12.5. The first-order chi connectivity index (χ1) is 7.96. The largest absolute Gasteiger partial charge is 0.399 e. The van der Waals surface area contributed by atoms with Gasteiger partial charge in [0, 0.05) is 16.7 Å². The Morgan fingerprint density at radius 2 is 1.94 bits per heavy atom. The summed E-state index contributed by atoms with van der Waals surface area (Å²) in [4.78, 5) is 11.7. The summed E-state index contributed by atoms with van der Waals surface area (Å²) in [7, 11) is -3.15. The molecule has 5 nitrogen and oxygen atoms in total. The molecule has 0 aromatic heterocycles. The fourth-order valence-electron chi connectivity index (χ4n) is 1.55. The molecule has 2 rings (SSSR count). The standard InChI is InChI=1S/C11H12N2O3S/c12-9-3-1-8(2-4-9)11(14)13-10-5-6-17(15,16)7-10/h1-6,10H,7,12H2,(H,13,14). The van der Waals surface area contributed by atoms with E-state index in [9.17, 15) is 13.2 Å². The van der Waals surface area contributed by atoms with E-state index in [1.807, 2.05) is 0 Å². The second-order valence-electron chi connectivity index (χ2n) is 3.86. The van der Waals surface area contributed by atoms with Crippen LogP contribution in [0.3, 0.4) is 0 Å². The third kappa shape index (κ3) is 2.85. The van der Waals surface area contributed by atoms with E-state index in [-0.39, 0.29) is 11.7 Å². The van der Waals surface area contributed by atoms with Gasteiger partial charge in [0.1, 0.15) is 0 Å². The van der Waals surface area contributed by atoms with Crippen LogP contribution in [-0.4, -0.2) is 26.1 Å². The Bertz CT molecular complexity index is 561. The smallest absolute Gasteiger partial charge is 0.251 e. The van der Waals surface area contributed by atoms with Crippen LogP contribution in [0.5, 0.6) is 0 Å². The molecule has 1 aromatic rings. The summed E-state index contributed by atoms with van der Waals surface area (Å²) in [5.74, 6) is -0.384. The lowest BCUT2D eigenvalue weighted by Crippen LogP contribution is -2.35. The molecule has 1 amide bonds. The minimum Gasteiger partial charge on any atom is -0.399 e. The van der Waals surface area contributed by atoms with Gasteiger partial charge in [-0.1, -0.05) is 0 Å². The Kier molecular flexibility index (Phi) is 2.89. The first-order valence-corrected chi connectivity index (χ1v) is 6.75. The van der Waals surface area contributed by atoms with Gasteiger partial charge in [-0.3, -0.25) is 4.79 Å². The van der Waals surface area contributed by atoms with E-state index in [1.165, 1.54) is 6.08 Å². The van der Waals surface area contributed by atoms with Gasteiger partial charge in [0.15, 0.2) is 9.84 Å². The molecule has 0 saturated heterocycles. The summed E-state index contributed by atoms with van der Waals surface area (Å²) >= 11 is 0. The lowest BCUT2D eigenvalue weighted by Gasteiger charge is -2.09. The quantitative estimate of drug-likeness (QED) is 0.741. The van der Waals surface area contributed by atoms with Gasteiger partial charge in [-0.05, 0) is 30.3 Å². The molecule has 3 N–H and O–H groups in total. The number of rotatable bonds is 2. The molecular formula is C11H12N2O3S. The van der Waals surface area contributed by atoms with E-state index >= 15 is 0 Å². The molecule has 0 spiro atoms. The second-order valence-corrected chi connectivity index (χ2v) is 5.79. The summed E-state index contributed by atoms with van der Waals surface area (Å²) in [6.07, 6.45) is 1.48. The number of anilines is 1. The predicted molar refractivity (Wildman–Crippen MR) is 65.0 cm³/mol. The molecular weight excluding hydrogens is 240 g/mol. The maximum atomic E-state index is 11.7. The summed E-state index contributed by atoms with van der Waals surface area (Å²) in [5.41, 5.74) is 6.53. The number of hydrogen-bond acceptors (Lipinski definition) is 4. The fourth-order valence-corrected chi connectivity index (χ4v) is 2.79. The summed E-state index contributed by atoms with van der Waals surface area (Å²) in [5, 5.41) is 3.75. The zero-order valence-corrected chi connectivity index (χ0v) is 9.78. The molecule has 0 fully saturated rings. The highest BCUT2D eigenvalue weighted by atomic mass is 32.2. The average Bonchev–Trinajstić information content (AvgIpc) is 2.59. The van der Waals surface area contributed by atoms with Crippen LogP contribution in [0, 0.1) is 0 Å². The SMILES string of the molecule is Nc1ccc(C(=O)NC2C=CS(=O)(=O)C2)cc1. The monoisotopic (exact) mass is 252 g/mol. The van der Waals surface area contributed by atoms with E-state index in [4.69, 9.17) is 5.73 Å². The number of nitrogen functional groups attached to an aromatic ring is 1. The molecule has 1 atom stereocenters. The number of carbonyl (C=O) groups excluding carboxylic acids is 1. The highest BCUT2D eigenvalue weighted by molar-refractivity contribution is 7.94. The van der Waals surface area contributed by atoms with E-state index in [0.717, 1.165) is 5.41 Å². The molecule has 1 unspecified atom stereocenters. The lowest BCUT2D eigenvalue weighted by molar-refractivity contribution is 0.0947. The van der Waals surface area contributed by atoms with Crippen molar-refractivity contribution in [2.45, 2.75) is 6.04 Å². The molecule has 0 aliphatic carbocycles. The number of benzene rings is 1. The normalized spacial score (nSPS) is 21.3. The van der Waals surface area contributed by atoms with E-state index in [0.29, 0.717) is 11.3 Å². The van der Waals surface area contributed by atoms with Crippen molar-refractivity contribution in [1.29, 1.82) is 0 Å². The minimum atomic E-state index is -3.15. The number of nitrogens with two attached hydrogens (primary N) is 1. The van der Waals surface area contributed by atoms with Crippen LogP contribution in [-0.2, 0) is 9.84 Å². The molecule has 6 heteroatoms. The van der Waals surface area contributed by atoms with Crippen LogP contribution in [0.4, 0.5) is 5.69 Å². The van der Waals surface area contributed by atoms with Crippen molar-refractivity contribution in [3.8, 4) is 0 Å². The van der Waals surface area contributed by atoms with Crippen LogP contribution < -0.4 is 11.1 Å². The van der Waals surface area contributed by atoms with Gasteiger partial charge in [0.2, 0.25) is 0 Å². The van der Waals surface area contributed by atoms with Crippen molar-refractivity contribution in [1.82, 2.24) is 5.32 Å². The van der Waals surface area contributed by atoms with Crippen molar-refractivity contribution in [2.75, 3.05) is 11.5 Å². The second kappa shape index (κ2) is 4.21. The highest BCUT2D eigenvalue weighted by Crippen LogP contribution is 2.10. The highest BCUT2D eigenvalue weighted by Gasteiger charge is 2.23. The topological polar surface area (TPSA) is 89.3 Å². The third-order valence-corrected chi connectivity index (χ3v) is 3.81. The molecule has 0 saturated carbocycles. The van der Waals surface area contributed by atoms with Gasteiger partial charge in [-0.25, -0.2) is 8.42 Å². The molecule has 0 radical (unpaired) electrons.